The fourth-order valence-corrected chi connectivity index (χ4v) is 3.23. The molecule has 5 nitrogen and oxygen atoms in total. The second kappa shape index (κ2) is 7.36. The molecule has 0 amide bonds. The van der Waals surface area contributed by atoms with Crippen molar-refractivity contribution in [2.75, 3.05) is 13.1 Å². The molecular weight excluding hydrogens is 314 g/mol. The molecule has 0 spiro atoms. The van der Waals surface area contributed by atoms with E-state index in [0.29, 0.717) is 23.8 Å². The summed E-state index contributed by atoms with van der Waals surface area (Å²) in [5, 5.41) is 7.34. The second-order valence-electron chi connectivity index (χ2n) is 6.36. The molecule has 0 radical (unpaired) electrons. The van der Waals surface area contributed by atoms with E-state index in [9.17, 15) is 8.78 Å². The van der Waals surface area contributed by atoms with Crippen molar-refractivity contribution in [3.63, 3.8) is 0 Å². The maximum Gasteiger partial charge on any atom is 0.223 e. The zero-order valence-electron chi connectivity index (χ0n) is 13.9. The van der Waals surface area contributed by atoms with Crippen LogP contribution in [0.1, 0.15) is 43.1 Å². The first-order valence-electron chi connectivity index (χ1n) is 8.24. The summed E-state index contributed by atoms with van der Waals surface area (Å²) < 4.78 is 32.3. The molecule has 2 heterocycles. The molecule has 3 rings (SSSR count). The minimum atomic E-state index is -0.419. The van der Waals surface area contributed by atoms with E-state index in [2.05, 4.69) is 20.4 Å². The van der Waals surface area contributed by atoms with E-state index in [-0.39, 0.29) is 17.9 Å². The number of rotatable bonds is 5. The van der Waals surface area contributed by atoms with E-state index in [1.165, 1.54) is 12.1 Å². The fourth-order valence-electron chi connectivity index (χ4n) is 3.23. The van der Waals surface area contributed by atoms with Gasteiger partial charge in [-0.25, -0.2) is 8.78 Å². The molecule has 1 fully saturated rings. The number of nitrogens with one attached hydrogen (secondary N) is 1. The van der Waals surface area contributed by atoms with Crippen LogP contribution < -0.4 is 5.32 Å². The normalized spacial score (nSPS) is 20.2. The molecule has 1 N–H and O–H groups in total. The third-order valence-electron chi connectivity index (χ3n) is 4.35. The van der Waals surface area contributed by atoms with E-state index in [4.69, 9.17) is 4.52 Å². The van der Waals surface area contributed by atoms with Gasteiger partial charge in [0.05, 0.1) is 6.54 Å². The van der Waals surface area contributed by atoms with Crippen molar-refractivity contribution in [3.8, 4) is 0 Å². The van der Waals surface area contributed by atoms with Gasteiger partial charge in [0.25, 0.3) is 0 Å². The molecule has 7 heteroatoms. The average molecular weight is 336 g/mol. The molecule has 0 saturated carbocycles. The average Bonchev–Trinajstić information content (AvgIpc) is 2.95. The van der Waals surface area contributed by atoms with E-state index < -0.39 is 5.82 Å². The number of nitrogens with zero attached hydrogens (tertiary/aromatic N) is 3. The molecule has 1 aliphatic rings. The lowest BCUT2D eigenvalue weighted by molar-refractivity contribution is 0.171. The number of benzene rings is 1. The molecular formula is C17H22F2N4O. The molecule has 0 aliphatic carbocycles. The van der Waals surface area contributed by atoms with Crippen molar-refractivity contribution in [3.05, 3.63) is 47.1 Å². The smallest absolute Gasteiger partial charge is 0.223 e. The molecule has 1 aromatic carbocycles. The Hall–Kier alpha value is -1.86. The van der Waals surface area contributed by atoms with Crippen LogP contribution in [0.2, 0.25) is 0 Å². The summed E-state index contributed by atoms with van der Waals surface area (Å²) in [6.07, 6.45) is 2.04. The number of halogens is 2. The largest absolute Gasteiger partial charge is 0.340 e. The Morgan fingerprint density at radius 2 is 2.25 bits per heavy atom. The van der Waals surface area contributed by atoms with Crippen LogP contribution in [-0.2, 0) is 6.54 Å². The Labute approximate surface area is 140 Å². The van der Waals surface area contributed by atoms with Gasteiger partial charge in [0.1, 0.15) is 11.6 Å². The third-order valence-corrected chi connectivity index (χ3v) is 4.35. The second-order valence-corrected chi connectivity index (χ2v) is 6.36. The lowest BCUT2D eigenvalue weighted by Crippen LogP contribution is -2.46. The lowest BCUT2D eigenvalue weighted by Gasteiger charge is -2.34. The van der Waals surface area contributed by atoms with Gasteiger partial charge in [-0.1, -0.05) is 5.16 Å². The van der Waals surface area contributed by atoms with Crippen LogP contribution in [-0.4, -0.2) is 34.2 Å². The summed E-state index contributed by atoms with van der Waals surface area (Å²) in [4.78, 5) is 6.48. The molecule has 130 valence electrons. The monoisotopic (exact) mass is 336 g/mol. The van der Waals surface area contributed by atoms with Gasteiger partial charge in [-0.3, -0.25) is 4.90 Å². The predicted octanol–water partition coefficient (Wildman–Crippen LogP) is 2.97. The van der Waals surface area contributed by atoms with Crippen LogP contribution in [0.4, 0.5) is 8.78 Å². The van der Waals surface area contributed by atoms with Gasteiger partial charge in [0.15, 0.2) is 5.82 Å². The zero-order valence-corrected chi connectivity index (χ0v) is 13.9. The van der Waals surface area contributed by atoms with Crippen LogP contribution in [0.5, 0.6) is 0 Å². The van der Waals surface area contributed by atoms with Gasteiger partial charge in [-0.2, -0.15) is 4.98 Å². The molecule has 1 aliphatic heterocycles. The summed E-state index contributed by atoms with van der Waals surface area (Å²) in [5.74, 6) is 0.438. The van der Waals surface area contributed by atoms with Crippen LogP contribution in [0.3, 0.4) is 0 Å². The molecule has 24 heavy (non-hydrogen) atoms. The quantitative estimate of drug-likeness (QED) is 0.910. The predicted molar refractivity (Wildman–Crippen MR) is 85.2 cm³/mol. The highest BCUT2D eigenvalue weighted by Gasteiger charge is 2.23. The Morgan fingerprint density at radius 3 is 3.00 bits per heavy atom. The SMILES string of the molecule is Cc1nc(CN2CCC[C@H](N[C@H](C)c3cc(F)ccc3F)C2)no1. The maximum atomic E-state index is 13.9. The van der Waals surface area contributed by atoms with Crippen molar-refractivity contribution in [1.29, 1.82) is 0 Å². The fraction of sp³-hybridized carbons (Fsp3) is 0.529. The van der Waals surface area contributed by atoms with Gasteiger partial charge in [-0.15, -0.1) is 0 Å². The first-order chi connectivity index (χ1) is 11.5. The van der Waals surface area contributed by atoms with Gasteiger partial charge in [0, 0.05) is 31.1 Å². The maximum absolute atomic E-state index is 13.9. The Balaban J connectivity index is 1.59. The van der Waals surface area contributed by atoms with Gasteiger partial charge in [-0.05, 0) is 44.5 Å². The topological polar surface area (TPSA) is 54.2 Å². The van der Waals surface area contributed by atoms with Crippen LogP contribution in [0, 0.1) is 18.6 Å². The van der Waals surface area contributed by atoms with Gasteiger partial charge in [0.2, 0.25) is 5.89 Å². The molecule has 2 aromatic rings. The molecule has 0 bridgehead atoms. The summed E-state index contributed by atoms with van der Waals surface area (Å²) >= 11 is 0. The summed E-state index contributed by atoms with van der Waals surface area (Å²) in [6, 6.07) is 3.54. The van der Waals surface area contributed by atoms with Crippen LogP contribution in [0.25, 0.3) is 0 Å². The number of piperidine rings is 1. The minimum Gasteiger partial charge on any atom is -0.340 e. The van der Waals surface area contributed by atoms with Gasteiger partial charge >= 0.3 is 0 Å². The number of aryl methyl sites for hydroxylation is 1. The molecule has 2 atom stereocenters. The minimum absolute atomic E-state index is 0.212. The molecule has 1 saturated heterocycles. The van der Waals surface area contributed by atoms with E-state index in [1.807, 2.05) is 6.92 Å². The Morgan fingerprint density at radius 1 is 1.42 bits per heavy atom. The number of hydrogen-bond donors (Lipinski definition) is 1. The molecule has 1 aromatic heterocycles. The summed E-state index contributed by atoms with van der Waals surface area (Å²) in [5.41, 5.74) is 0.362. The first kappa shape index (κ1) is 17.0. The summed E-state index contributed by atoms with van der Waals surface area (Å²) in [6.45, 7) is 6.05. The standard InChI is InChI=1S/C17H22F2N4O/c1-11(15-8-13(18)5-6-16(15)19)20-14-4-3-7-23(9-14)10-17-21-12(2)24-22-17/h5-6,8,11,14,20H,3-4,7,9-10H2,1-2H3/t11-,14+/m1/s1. The van der Waals surface area contributed by atoms with E-state index in [1.54, 1.807) is 6.92 Å². The lowest BCUT2D eigenvalue weighted by atomic mass is 10.0. The van der Waals surface area contributed by atoms with E-state index in [0.717, 1.165) is 32.0 Å². The first-order valence-corrected chi connectivity index (χ1v) is 8.24. The number of aromatic nitrogens is 2. The third kappa shape index (κ3) is 4.15. The van der Waals surface area contributed by atoms with Gasteiger partial charge < -0.3 is 9.84 Å². The van der Waals surface area contributed by atoms with Crippen molar-refractivity contribution < 1.29 is 13.3 Å². The Kier molecular flexibility index (Phi) is 5.20. The van der Waals surface area contributed by atoms with Crippen molar-refractivity contribution >= 4 is 0 Å². The zero-order chi connectivity index (χ0) is 17.1. The van der Waals surface area contributed by atoms with Crippen LogP contribution >= 0.6 is 0 Å². The highest BCUT2D eigenvalue weighted by Crippen LogP contribution is 2.21. The highest BCUT2D eigenvalue weighted by molar-refractivity contribution is 5.22. The van der Waals surface area contributed by atoms with Crippen molar-refractivity contribution in [2.45, 2.75) is 45.3 Å². The summed E-state index contributed by atoms with van der Waals surface area (Å²) in [7, 11) is 0. The van der Waals surface area contributed by atoms with E-state index >= 15 is 0 Å². The highest BCUT2D eigenvalue weighted by atomic mass is 19.1. The Bertz CT molecular complexity index is 691. The molecule has 0 unspecified atom stereocenters. The van der Waals surface area contributed by atoms with Crippen molar-refractivity contribution in [1.82, 2.24) is 20.4 Å². The van der Waals surface area contributed by atoms with Crippen molar-refractivity contribution in [2.24, 2.45) is 0 Å². The number of likely N-dealkylation sites (tertiary alicyclic amines) is 1. The van der Waals surface area contributed by atoms with Crippen LogP contribution in [0.15, 0.2) is 22.7 Å². The number of hydrogen-bond acceptors (Lipinski definition) is 5.